The SMILES string of the molecule is Cc1ccc(SCC(=O)c2c(N)n(C)c(=O)n(C)c2=O)cc1. The van der Waals surface area contributed by atoms with Crippen molar-refractivity contribution in [3.05, 3.63) is 56.2 Å². The first-order chi connectivity index (χ1) is 10.3. The number of thioether (sulfide) groups is 1. The average molecular weight is 319 g/mol. The number of rotatable bonds is 4. The molecule has 0 amide bonds. The zero-order valence-electron chi connectivity index (χ0n) is 12.6. The number of aryl methyl sites for hydroxylation is 1. The number of hydrogen-bond donors (Lipinski definition) is 1. The van der Waals surface area contributed by atoms with Crippen LogP contribution >= 0.6 is 11.8 Å². The molecule has 2 rings (SSSR count). The normalized spacial score (nSPS) is 10.7. The second-order valence-corrected chi connectivity index (χ2v) is 6.04. The van der Waals surface area contributed by atoms with Gasteiger partial charge in [0.25, 0.3) is 5.56 Å². The number of benzene rings is 1. The van der Waals surface area contributed by atoms with Crippen molar-refractivity contribution in [2.24, 2.45) is 14.1 Å². The third-order valence-electron chi connectivity index (χ3n) is 3.38. The molecule has 22 heavy (non-hydrogen) atoms. The molecule has 0 spiro atoms. The van der Waals surface area contributed by atoms with E-state index in [1.807, 2.05) is 31.2 Å². The number of nitrogen functional groups attached to an aromatic ring is 1. The molecule has 0 unspecified atom stereocenters. The molecule has 0 aliphatic carbocycles. The number of aromatic nitrogens is 2. The minimum atomic E-state index is -0.657. The number of Topliss-reactive ketones (excluding diaryl/α,β-unsaturated/α-hetero) is 1. The molecule has 1 aromatic carbocycles. The van der Waals surface area contributed by atoms with E-state index in [1.54, 1.807) is 0 Å². The topological polar surface area (TPSA) is 87.1 Å². The first-order valence-corrected chi connectivity index (χ1v) is 7.59. The van der Waals surface area contributed by atoms with Gasteiger partial charge < -0.3 is 5.73 Å². The maximum Gasteiger partial charge on any atom is 0.332 e. The van der Waals surface area contributed by atoms with Crippen LogP contribution in [0.3, 0.4) is 0 Å². The second kappa shape index (κ2) is 6.23. The van der Waals surface area contributed by atoms with Gasteiger partial charge in [0, 0.05) is 19.0 Å². The first-order valence-electron chi connectivity index (χ1n) is 6.61. The van der Waals surface area contributed by atoms with Gasteiger partial charge in [0.2, 0.25) is 0 Å². The number of nitrogens with two attached hydrogens (primary N) is 1. The summed E-state index contributed by atoms with van der Waals surface area (Å²) in [5.74, 6) is -0.400. The van der Waals surface area contributed by atoms with Gasteiger partial charge >= 0.3 is 5.69 Å². The van der Waals surface area contributed by atoms with Crippen LogP contribution in [0.4, 0.5) is 5.82 Å². The summed E-state index contributed by atoms with van der Waals surface area (Å²) in [4.78, 5) is 37.1. The van der Waals surface area contributed by atoms with Crippen LogP contribution in [-0.2, 0) is 14.1 Å². The summed E-state index contributed by atoms with van der Waals surface area (Å²) >= 11 is 1.32. The van der Waals surface area contributed by atoms with Crippen LogP contribution in [0.2, 0.25) is 0 Å². The number of carbonyl (C=O) groups is 1. The summed E-state index contributed by atoms with van der Waals surface area (Å²) in [5.41, 5.74) is 5.55. The van der Waals surface area contributed by atoms with Crippen LogP contribution in [0.5, 0.6) is 0 Å². The lowest BCUT2D eigenvalue weighted by Crippen LogP contribution is -2.41. The molecular weight excluding hydrogens is 302 g/mol. The largest absolute Gasteiger partial charge is 0.384 e. The van der Waals surface area contributed by atoms with Gasteiger partial charge in [-0.1, -0.05) is 17.7 Å². The number of hydrogen-bond acceptors (Lipinski definition) is 5. The lowest BCUT2D eigenvalue weighted by Gasteiger charge is -2.10. The van der Waals surface area contributed by atoms with Gasteiger partial charge in [-0.2, -0.15) is 0 Å². The van der Waals surface area contributed by atoms with Crippen LogP contribution in [0, 0.1) is 6.92 Å². The third-order valence-corrected chi connectivity index (χ3v) is 4.39. The second-order valence-electron chi connectivity index (χ2n) is 4.99. The van der Waals surface area contributed by atoms with Gasteiger partial charge in [-0.15, -0.1) is 11.8 Å². The number of nitrogens with zero attached hydrogens (tertiary/aromatic N) is 2. The average Bonchev–Trinajstić information content (AvgIpc) is 2.50. The molecule has 2 N–H and O–H groups in total. The zero-order valence-corrected chi connectivity index (χ0v) is 13.4. The molecule has 0 aliphatic heterocycles. The Bertz CT molecular complexity index is 835. The van der Waals surface area contributed by atoms with Crippen molar-refractivity contribution in [2.45, 2.75) is 11.8 Å². The molecule has 0 saturated heterocycles. The van der Waals surface area contributed by atoms with E-state index in [9.17, 15) is 14.4 Å². The highest BCUT2D eigenvalue weighted by molar-refractivity contribution is 8.00. The third kappa shape index (κ3) is 2.99. The fourth-order valence-electron chi connectivity index (χ4n) is 1.98. The van der Waals surface area contributed by atoms with E-state index < -0.39 is 11.2 Å². The highest BCUT2D eigenvalue weighted by Crippen LogP contribution is 2.19. The number of carbonyl (C=O) groups excluding carboxylic acids is 1. The van der Waals surface area contributed by atoms with E-state index in [0.717, 1.165) is 19.6 Å². The van der Waals surface area contributed by atoms with Gasteiger partial charge in [0.15, 0.2) is 5.78 Å². The van der Waals surface area contributed by atoms with E-state index >= 15 is 0 Å². The van der Waals surface area contributed by atoms with Crippen molar-refractivity contribution in [1.82, 2.24) is 9.13 Å². The maximum atomic E-state index is 12.3. The zero-order chi connectivity index (χ0) is 16.4. The van der Waals surface area contributed by atoms with Crippen molar-refractivity contribution in [3.8, 4) is 0 Å². The van der Waals surface area contributed by atoms with Crippen LogP contribution in [-0.4, -0.2) is 20.7 Å². The fourth-order valence-corrected chi connectivity index (χ4v) is 2.75. The molecule has 0 saturated carbocycles. The summed E-state index contributed by atoms with van der Waals surface area (Å²) in [6.07, 6.45) is 0. The van der Waals surface area contributed by atoms with E-state index in [0.29, 0.717) is 0 Å². The van der Waals surface area contributed by atoms with Crippen LogP contribution < -0.4 is 17.0 Å². The molecule has 0 bridgehead atoms. The van der Waals surface area contributed by atoms with Crippen molar-refractivity contribution in [3.63, 3.8) is 0 Å². The Hall–Kier alpha value is -2.28. The molecule has 2 aromatic rings. The molecule has 0 radical (unpaired) electrons. The number of ketones is 1. The molecule has 1 heterocycles. The maximum absolute atomic E-state index is 12.3. The molecule has 7 heteroatoms. The van der Waals surface area contributed by atoms with Gasteiger partial charge in [0.1, 0.15) is 11.4 Å². The predicted molar refractivity (Wildman–Crippen MR) is 87.6 cm³/mol. The van der Waals surface area contributed by atoms with Gasteiger partial charge in [-0.3, -0.25) is 18.7 Å². The Kier molecular flexibility index (Phi) is 4.56. The monoisotopic (exact) mass is 319 g/mol. The minimum absolute atomic E-state index is 0.0840. The van der Waals surface area contributed by atoms with Crippen molar-refractivity contribution < 1.29 is 4.79 Å². The molecule has 116 valence electrons. The van der Waals surface area contributed by atoms with Crippen LogP contribution in [0.15, 0.2) is 38.8 Å². The Balaban J connectivity index is 2.29. The highest BCUT2D eigenvalue weighted by atomic mass is 32.2. The van der Waals surface area contributed by atoms with E-state index in [4.69, 9.17) is 5.73 Å². The van der Waals surface area contributed by atoms with Gasteiger partial charge in [-0.05, 0) is 19.1 Å². The summed E-state index contributed by atoms with van der Waals surface area (Å²) in [7, 11) is 2.76. The Morgan fingerprint density at radius 1 is 1.14 bits per heavy atom. The van der Waals surface area contributed by atoms with Crippen LogP contribution in [0.1, 0.15) is 15.9 Å². The molecule has 1 aromatic heterocycles. The quantitative estimate of drug-likeness (QED) is 0.670. The van der Waals surface area contributed by atoms with E-state index in [-0.39, 0.29) is 22.9 Å². The summed E-state index contributed by atoms with van der Waals surface area (Å²) in [5, 5.41) is 0. The summed E-state index contributed by atoms with van der Waals surface area (Å²) in [6.45, 7) is 1.98. The van der Waals surface area contributed by atoms with E-state index in [1.165, 1.54) is 25.9 Å². The molecule has 0 atom stereocenters. The van der Waals surface area contributed by atoms with Crippen LogP contribution in [0.25, 0.3) is 0 Å². The molecule has 6 nitrogen and oxygen atoms in total. The molecule has 0 fully saturated rings. The van der Waals surface area contributed by atoms with Crippen molar-refractivity contribution in [2.75, 3.05) is 11.5 Å². The predicted octanol–water partition coefficient (Wildman–Crippen LogP) is 0.950. The number of anilines is 1. The first kappa shape index (κ1) is 16.1. The Morgan fingerprint density at radius 3 is 2.32 bits per heavy atom. The van der Waals surface area contributed by atoms with E-state index in [2.05, 4.69) is 0 Å². The van der Waals surface area contributed by atoms with Gasteiger partial charge in [0.05, 0.1) is 5.75 Å². The summed E-state index contributed by atoms with van der Waals surface area (Å²) < 4.78 is 1.99. The van der Waals surface area contributed by atoms with Crippen molar-refractivity contribution in [1.29, 1.82) is 0 Å². The summed E-state index contributed by atoms with van der Waals surface area (Å²) in [6, 6.07) is 7.73. The fraction of sp³-hybridized carbons (Fsp3) is 0.267. The Labute approximate surface area is 131 Å². The molecular formula is C15H17N3O3S. The van der Waals surface area contributed by atoms with Crippen molar-refractivity contribution >= 4 is 23.4 Å². The Morgan fingerprint density at radius 2 is 1.73 bits per heavy atom. The lowest BCUT2D eigenvalue weighted by molar-refractivity contribution is 0.102. The minimum Gasteiger partial charge on any atom is -0.384 e. The molecule has 0 aliphatic rings. The smallest absolute Gasteiger partial charge is 0.332 e. The lowest BCUT2D eigenvalue weighted by atomic mass is 10.2. The standard InChI is InChI=1S/C15H17N3O3S/c1-9-4-6-10(7-5-9)22-8-11(19)12-13(16)17(2)15(21)18(3)14(12)20/h4-7H,8,16H2,1-3H3. The highest BCUT2D eigenvalue weighted by Gasteiger charge is 2.20. The van der Waals surface area contributed by atoms with Gasteiger partial charge in [-0.25, -0.2) is 4.79 Å².